The van der Waals surface area contributed by atoms with Gasteiger partial charge in [0.15, 0.2) is 0 Å². The summed E-state index contributed by atoms with van der Waals surface area (Å²) >= 11 is 0. The van der Waals surface area contributed by atoms with Crippen LogP contribution in [-0.4, -0.2) is 0 Å². The van der Waals surface area contributed by atoms with Crippen molar-refractivity contribution in [2.24, 2.45) is 5.41 Å². The maximum absolute atomic E-state index is 4.25. The van der Waals surface area contributed by atoms with Gasteiger partial charge in [0.05, 0.1) is 0 Å². The monoisotopic (exact) mass is 254 g/mol. The van der Waals surface area contributed by atoms with Gasteiger partial charge >= 0.3 is 0 Å². The fourth-order valence-corrected chi connectivity index (χ4v) is 2.61. The highest BCUT2D eigenvalue weighted by molar-refractivity contribution is 5.67. The lowest BCUT2D eigenvalue weighted by molar-refractivity contribution is 0.493. The smallest absolute Gasteiger partial charge is 0.00645 e. The summed E-state index contributed by atoms with van der Waals surface area (Å²) in [6, 6.07) is 6.91. The molecule has 0 nitrogen and oxygen atoms in total. The Balaban J connectivity index is 2.24. The van der Waals surface area contributed by atoms with Gasteiger partial charge < -0.3 is 0 Å². The van der Waals surface area contributed by atoms with Crippen LogP contribution in [0.5, 0.6) is 0 Å². The summed E-state index contributed by atoms with van der Waals surface area (Å²) in [5.41, 5.74) is 7.09. The Kier molecular flexibility index (Phi) is 3.99. The second-order valence-corrected chi connectivity index (χ2v) is 6.83. The van der Waals surface area contributed by atoms with Crippen molar-refractivity contribution in [3.8, 4) is 0 Å². The van der Waals surface area contributed by atoms with Crippen molar-refractivity contribution in [1.82, 2.24) is 0 Å². The summed E-state index contributed by atoms with van der Waals surface area (Å²) in [4.78, 5) is 0. The summed E-state index contributed by atoms with van der Waals surface area (Å²) in [6.07, 6.45) is 5.90. The van der Waals surface area contributed by atoms with Gasteiger partial charge in [-0.1, -0.05) is 57.7 Å². The summed E-state index contributed by atoms with van der Waals surface area (Å²) in [7, 11) is 0. The molecule has 0 amide bonds. The van der Waals surface area contributed by atoms with E-state index < -0.39 is 0 Å². The minimum absolute atomic E-state index is 0.191. The average Bonchev–Trinajstić information content (AvgIpc) is 2.50. The molecule has 0 N–H and O–H groups in total. The van der Waals surface area contributed by atoms with Gasteiger partial charge in [-0.3, -0.25) is 0 Å². The lowest BCUT2D eigenvalue weighted by Crippen LogP contribution is -2.10. The highest BCUT2D eigenvalue weighted by Gasteiger charge is 2.16. The zero-order valence-corrected chi connectivity index (χ0v) is 12.7. The Bertz CT molecular complexity index is 497. The van der Waals surface area contributed by atoms with Crippen molar-refractivity contribution < 1.29 is 0 Å². The molecule has 1 aliphatic carbocycles. The molecule has 0 radical (unpaired) electrons. The zero-order chi connectivity index (χ0) is 14.0. The third-order valence-corrected chi connectivity index (χ3v) is 4.20. The van der Waals surface area contributed by atoms with Crippen LogP contribution < -0.4 is 0 Å². The van der Waals surface area contributed by atoms with Crippen LogP contribution >= 0.6 is 0 Å². The molecular formula is C19H26. The second-order valence-electron chi connectivity index (χ2n) is 6.83. The third-order valence-electron chi connectivity index (χ3n) is 4.20. The molecule has 102 valence electrons. The van der Waals surface area contributed by atoms with E-state index in [2.05, 4.69) is 52.1 Å². The zero-order valence-electron chi connectivity index (χ0n) is 12.7. The lowest BCUT2D eigenvalue weighted by Gasteiger charge is -2.22. The highest BCUT2D eigenvalue weighted by atomic mass is 14.2. The Morgan fingerprint density at radius 2 is 1.84 bits per heavy atom. The first-order valence-corrected chi connectivity index (χ1v) is 7.36. The quantitative estimate of drug-likeness (QED) is 0.478. The van der Waals surface area contributed by atoms with E-state index in [1.54, 1.807) is 0 Å². The van der Waals surface area contributed by atoms with Crippen molar-refractivity contribution in [2.45, 2.75) is 52.9 Å². The number of aryl methyl sites for hydroxylation is 1. The Morgan fingerprint density at radius 1 is 1.16 bits per heavy atom. The number of rotatable bonds is 2. The molecule has 0 heteroatoms. The van der Waals surface area contributed by atoms with Gasteiger partial charge in [0, 0.05) is 0 Å². The number of hydrogen-bond acceptors (Lipinski definition) is 0. The molecule has 0 unspecified atom stereocenters. The summed E-state index contributed by atoms with van der Waals surface area (Å²) < 4.78 is 0. The molecule has 0 spiro atoms. The molecular weight excluding hydrogens is 228 g/mol. The van der Waals surface area contributed by atoms with Gasteiger partial charge in [-0.25, -0.2) is 0 Å². The van der Waals surface area contributed by atoms with Crippen LogP contribution in [0.2, 0.25) is 0 Å². The van der Waals surface area contributed by atoms with E-state index in [0.29, 0.717) is 0 Å². The largest absolute Gasteiger partial charge is 0.0990 e. The first-order valence-electron chi connectivity index (χ1n) is 7.36. The molecule has 0 saturated carbocycles. The van der Waals surface area contributed by atoms with Gasteiger partial charge in [-0.05, 0) is 59.8 Å². The first kappa shape index (κ1) is 14.1. The van der Waals surface area contributed by atoms with Gasteiger partial charge in [-0.15, -0.1) is 0 Å². The van der Waals surface area contributed by atoms with E-state index in [9.17, 15) is 0 Å². The van der Waals surface area contributed by atoms with Crippen molar-refractivity contribution >= 4 is 5.57 Å². The van der Waals surface area contributed by atoms with Crippen molar-refractivity contribution in [3.05, 3.63) is 53.6 Å². The lowest BCUT2D eigenvalue weighted by atomic mass is 9.83. The maximum Gasteiger partial charge on any atom is -0.00645 e. The van der Waals surface area contributed by atoms with Crippen LogP contribution in [0.4, 0.5) is 0 Å². The standard InChI is InChI=1S/C19H26/c1-14-8-6-7-9-17-13-16(10-11-18(14)17)12-15(2)19(3,4)5/h10-11,13H,1-2,6-9,12H2,3-5H3. The number of fused-ring (bicyclic) bond motifs is 1. The topological polar surface area (TPSA) is 0 Å². The number of hydrogen-bond donors (Lipinski definition) is 0. The molecule has 0 atom stereocenters. The molecule has 0 saturated heterocycles. The summed E-state index contributed by atoms with van der Waals surface area (Å²) in [5, 5.41) is 0. The maximum atomic E-state index is 4.25. The fourth-order valence-electron chi connectivity index (χ4n) is 2.61. The Hall–Kier alpha value is -1.30. The predicted molar refractivity (Wildman–Crippen MR) is 85.3 cm³/mol. The molecule has 0 bridgehead atoms. The van der Waals surface area contributed by atoms with Crippen LogP contribution in [0.15, 0.2) is 36.9 Å². The first-order chi connectivity index (χ1) is 8.88. The molecule has 0 aliphatic heterocycles. The van der Waals surface area contributed by atoms with Gasteiger partial charge in [0.25, 0.3) is 0 Å². The molecule has 1 aromatic rings. The van der Waals surface area contributed by atoms with E-state index in [1.807, 2.05) is 0 Å². The molecule has 19 heavy (non-hydrogen) atoms. The van der Waals surface area contributed by atoms with Gasteiger partial charge in [-0.2, -0.15) is 0 Å². The average molecular weight is 254 g/mol. The predicted octanol–water partition coefficient (Wildman–Crippen LogP) is 5.57. The van der Waals surface area contributed by atoms with E-state index in [4.69, 9.17) is 0 Å². The van der Waals surface area contributed by atoms with Gasteiger partial charge in [0.2, 0.25) is 0 Å². The molecule has 0 fully saturated rings. The normalized spacial score (nSPS) is 15.8. The third kappa shape index (κ3) is 3.37. The Morgan fingerprint density at radius 3 is 2.53 bits per heavy atom. The van der Waals surface area contributed by atoms with Crippen LogP contribution in [-0.2, 0) is 12.8 Å². The molecule has 1 aromatic carbocycles. The van der Waals surface area contributed by atoms with E-state index in [1.165, 1.54) is 47.1 Å². The molecule has 1 aliphatic rings. The minimum Gasteiger partial charge on any atom is -0.0990 e. The summed E-state index contributed by atoms with van der Waals surface area (Å²) in [6.45, 7) is 15.2. The SMILES string of the molecule is C=C1CCCCc2cc(CC(=C)C(C)(C)C)ccc21. The van der Waals surface area contributed by atoms with E-state index >= 15 is 0 Å². The van der Waals surface area contributed by atoms with Crippen LogP contribution in [0.25, 0.3) is 5.57 Å². The van der Waals surface area contributed by atoms with Crippen molar-refractivity contribution in [3.63, 3.8) is 0 Å². The van der Waals surface area contributed by atoms with Crippen LogP contribution in [0.3, 0.4) is 0 Å². The highest BCUT2D eigenvalue weighted by Crippen LogP contribution is 2.31. The second kappa shape index (κ2) is 5.36. The van der Waals surface area contributed by atoms with Crippen molar-refractivity contribution in [2.75, 3.05) is 0 Å². The Labute approximate surface area is 118 Å². The van der Waals surface area contributed by atoms with Crippen molar-refractivity contribution in [1.29, 1.82) is 0 Å². The van der Waals surface area contributed by atoms with E-state index in [0.717, 1.165) is 12.8 Å². The van der Waals surface area contributed by atoms with Gasteiger partial charge in [0.1, 0.15) is 0 Å². The molecule has 0 heterocycles. The minimum atomic E-state index is 0.191. The number of benzene rings is 1. The van der Waals surface area contributed by atoms with Crippen LogP contribution in [0, 0.1) is 5.41 Å². The summed E-state index contributed by atoms with van der Waals surface area (Å²) in [5.74, 6) is 0. The van der Waals surface area contributed by atoms with E-state index in [-0.39, 0.29) is 5.41 Å². The molecule has 0 aromatic heterocycles. The molecule has 2 rings (SSSR count). The number of allylic oxidation sites excluding steroid dienone is 2. The van der Waals surface area contributed by atoms with Crippen LogP contribution in [0.1, 0.15) is 56.7 Å². The fraction of sp³-hybridized carbons (Fsp3) is 0.474.